The SMILES string of the molecule is O=C(O)CC1CC2CCC(C1)N(Cc1ccc3c(c1)Nc1nccnc1S3)C2. The molecule has 2 N–H and O–H groups in total. The molecule has 7 heteroatoms. The lowest BCUT2D eigenvalue weighted by Crippen LogP contribution is -2.40. The number of anilines is 2. The Morgan fingerprint density at radius 2 is 2.14 bits per heavy atom. The van der Waals surface area contributed by atoms with E-state index in [1.807, 2.05) is 0 Å². The van der Waals surface area contributed by atoms with Crippen molar-refractivity contribution in [2.75, 3.05) is 11.9 Å². The van der Waals surface area contributed by atoms with Crippen LogP contribution in [0.4, 0.5) is 11.5 Å². The maximum atomic E-state index is 11.2. The molecule has 6 rings (SSSR count). The molecule has 6 nitrogen and oxygen atoms in total. The van der Waals surface area contributed by atoms with Crippen molar-refractivity contribution < 1.29 is 9.90 Å². The second-order valence-electron chi connectivity index (χ2n) is 8.23. The Hall–Kier alpha value is -2.12. The quantitative estimate of drug-likeness (QED) is 0.686. The van der Waals surface area contributed by atoms with Gasteiger partial charge < -0.3 is 10.4 Å². The summed E-state index contributed by atoms with van der Waals surface area (Å²) in [5, 5.41) is 13.5. The monoisotopic (exact) mass is 396 g/mol. The first kappa shape index (κ1) is 17.9. The molecule has 3 atom stereocenters. The van der Waals surface area contributed by atoms with Gasteiger partial charge in [0.05, 0.1) is 5.69 Å². The number of fused-ring (bicyclic) bond motifs is 6. The topological polar surface area (TPSA) is 78.4 Å². The summed E-state index contributed by atoms with van der Waals surface area (Å²) in [4.78, 5) is 23.7. The van der Waals surface area contributed by atoms with E-state index in [1.54, 1.807) is 24.2 Å². The lowest BCUT2D eigenvalue weighted by molar-refractivity contribution is -0.138. The number of nitrogens with one attached hydrogen (secondary N) is 1. The van der Waals surface area contributed by atoms with Crippen LogP contribution in [0.3, 0.4) is 0 Å². The van der Waals surface area contributed by atoms with Crippen molar-refractivity contribution in [1.82, 2.24) is 14.9 Å². The summed E-state index contributed by atoms with van der Waals surface area (Å²) < 4.78 is 0. The van der Waals surface area contributed by atoms with Crippen molar-refractivity contribution in [3.05, 3.63) is 36.2 Å². The summed E-state index contributed by atoms with van der Waals surface area (Å²) >= 11 is 1.65. The number of benzene rings is 1. The maximum absolute atomic E-state index is 11.2. The van der Waals surface area contributed by atoms with Crippen LogP contribution >= 0.6 is 11.8 Å². The molecule has 28 heavy (non-hydrogen) atoms. The summed E-state index contributed by atoms with van der Waals surface area (Å²) in [6, 6.07) is 7.12. The van der Waals surface area contributed by atoms with Crippen LogP contribution < -0.4 is 5.32 Å². The zero-order chi connectivity index (χ0) is 19.1. The Kier molecular flexibility index (Phi) is 4.72. The average molecular weight is 397 g/mol. The van der Waals surface area contributed by atoms with Crippen molar-refractivity contribution in [1.29, 1.82) is 0 Å². The number of carbonyl (C=O) groups is 1. The molecule has 0 amide bonds. The molecule has 3 aliphatic heterocycles. The Labute approximate surface area is 168 Å². The number of aliphatic carboxylic acids is 1. The molecule has 4 heterocycles. The molecule has 2 saturated heterocycles. The Bertz CT molecular complexity index is 906. The first-order valence-electron chi connectivity index (χ1n) is 9.98. The van der Waals surface area contributed by atoms with Gasteiger partial charge in [-0.05, 0) is 55.2 Å². The molecule has 1 saturated carbocycles. The standard InChI is InChI=1S/C21H24N4O2S/c26-19(27)10-15-7-13-1-3-16(8-15)25(11-13)12-14-2-4-18-17(9-14)24-20-21(28-18)23-6-5-22-20/h2,4-6,9,13,15-16H,1,3,7-8,10-12H2,(H,22,24)(H,26,27). The lowest BCUT2D eigenvalue weighted by Gasteiger charge is -2.37. The third kappa shape index (κ3) is 3.61. The van der Waals surface area contributed by atoms with Gasteiger partial charge in [-0.1, -0.05) is 17.8 Å². The van der Waals surface area contributed by atoms with E-state index in [1.165, 1.54) is 23.3 Å². The molecular weight excluding hydrogens is 372 g/mol. The normalized spacial score (nSPS) is 26.1. The summed E-state index contributed by atoms with van der Waals surface area (Å²) in [6.45, 7) is 2.02. The first-order valence-corrected chi connectivity index (χ1v) is 10.8. The van der Waals surface area contributed by atoms with Gasteiger partial charge in [0.25, 0.3) is 0 Å². The summed E-state index contributed by atoms with van der Waals surface area (Å²) in [5.74, 6) is 1.13. The van der Waals surface area contributed by atoms with Gasteiger partial charge in [0.2, 0.25) is 0 Å². The van der Waals surface area contributed by atoms with E-state index in [-0.39, 0.29) is 0 Å². The predicted molar refractivity (Wildman–Crippen MR) is 108 cm³/mol. The minimum absolute atomic E-state index is 0.321. The minimum atomic E-state index is -0.653. The van der Waals surface area contributed by atoms with Crippen LogP contribution in [0.1, 0.15) is 37.7 Å². The van der Waals surface area contributed by atoms with E-state index in [9.17, 15) is 9.90 Å². The predicted octanol–water partition coefficient (Wildman–Crippen LogP) is 4.15. The van der Waals surface area contributed by atoms with Gasteiger partial charge in [0, 0.05) is 42.8 Å². The van der Waals surface area contributed by atoms with Crippen molar-refractivity contribution in [3.63, 3.8) is 0 Å². The van der Waals surface area contributed by atoms with Crippen molar-refractivity contribution in [2.24, 2.45) is 11.8 Å². The maximum Gasteiger partial charge on any atom is 0.303 e. The number of hydrogen-bond donors (Lipinski definition) is 2. The van der Waals surface area contributed by atoms with E-state index in [0.29, 0.717) is 24.3 Å². The van der Waals surface area contributed by atoms with Gasteiger partial charge in [0.1, 0.15) is 5.03 Å². The minimum Gasteiger partial charge on any atom is -0.481 e. The van der Waals surface area contributed by atoms with Crippen LogP contribution in [0.15, 0.2) is 40.5 Å². The highest BCUT2D eigenvalue weighted by Gasteiger charge is 2.36. The van der Waals surface area contributed by atoms with Gasteiger partial charge >= 0.3 is 5.97 Å². The molecule has 1 aliphatic carbocycles. The molecule has 0 spiro atoms. The second-order valence-corrected chi connectivity index (χ2v) is 9.26. The Morgan fingerprint density at radius 1 is 1.25 bits per heavy atom. The van der Waals surface area contributed by atoms with Crippen molar-refractivity contribution >= 4 is 29.2 Å². The molecule has 3 unspecified atom stereocenters. The zero-order valence-corrected chi connectivity index (χ0v) is 16.5. The zero-order valence-electron chi connectivity index (χ0n) is 15.7. The number of nitrogens with zero attached hydrogens (tertiary/aromatic N) is 3. The van der Waals surface area contributed by atoms with Crippen LogP contribution in [0, 0.1) is 11.8 Å². The number of carboxylic acid groups (broad SMARTS) is 1. The Balaban J connectivity index is 1.31. The van der Waals surface area contributed by atoms with Crippen molar-refractivity contribution in [2.45, 2.75) is 54.6 Å². The third-order valence-corrected chi connectivity index (χ3v) is 7.27. The summed E-state index contributed by atoms with van der Waals surface area (Å²) in [6.07, 6.45) is 8.28. The van der Waals surface area contributed by atoms with E-state index in [4.69, 9.17) is 0 Å². The fourth-order valence-corrected chi connectivity index (χ4v) is 5.89. The number of rotatable bonds is 4. The number of carboxylic acids is 1. The van der Waals surface area contributed by atoms with E-state index >= 15 is 0 Å². The molecule has 1 aromatic heterocycles. The fraction of sp³-hybridized carbons (Fsp3) is 0.476. The van der Waals surface area contributed by atoms with Gasteiger partial charge in [-0.25, -0.2) is 9.97 Å². The molecular formula is C21H24N4O2S. The lowest BCUT2D eigenvalue weighted by atomic mass is 9.91. The molecule has 1 aromatic carbocycles. The fourth-order valence-electron chi connectivity index (χ4n) is 5.02. The van der Waals surface area contributed by atoms with E-state index in [2.05, 4.69) is 38.4 Å². The smallest absolute Gasteiger partial charge is 0.303 e. The van der Waals surface area contributed by atoms with E-state index < -0.39 is 5.97 Å². The highest BCUT2D eigenvalue weighted by Crippen LogP contribution is 2.43. The van der Waals surface area contributed by atoms with Crippen molar-refractivity contribution in [3.8, 4) is 0 Å². The van der Waals surface area contributed by atoms with Gasteiger partial charge in [-0.15, -0.1) is 0 Å². The van der Waals surface area contributed by atoms with Crippen LogP contribution in [0.2, 0.25) is 0 Å². The van der Waals surface area contributed by atoms with Crippen LogP contribution in [-0.2, 0) is 11.3 Å². The summed E-state index contributed by atoms with van der Waals surface area (Å²) in [7, 11) is 0. The van der Waals surface area contributed by atoms with Crippen LogP contribution in [0.5, 0.6) is 0 Å². The van der Waals surface area contributed by atoms with Crippen LogP contribution in [-0.4, -0.2) is 38.5 Å². The molecule has 0 radical (unpaired) electrons. The number of aromatic nitrogens is 2. The average Bonchev–Trinajstić information content (AvgIpc) is 2.96. The molecule has 4 aliphatic rings. The number of piperidine rings is 1. The number of hydrogen-bond acceptors (Lipinski definition) is 6. The molecule has 2 bridgehead atoms. The first-order chi connectivity index (χ1) is 13.6. The van der Waals surface area contributed by atoms with Gasteiger partial charge in [-0.3, -0.25) is 9.69 Å². The highest BCUT2D eigenvalue weighted by molar-refractivity contribution is 7.99. The highest BCUT2D eigenvalue weighted by atomic mass is 32.2. The van der Waals surface area contributed by atoms with E-state index in [0.717, 1.165) is 42.5 Å². The van der Waals surface area contributed by atoms with Gasteiger partial charge in [0.15, 0.2) is 5.82 Å². The summed E-state index contributed by atoms with van der Waals surface area (Å²) in [5.41, 5.74) is 2.39. The largest absolute Gasteiger partial charge is 0.481 e. The molecule has 146 valence electrons. The third-order valence-electron chi connectivity index (χ3n) is 6.21. The van der Waals surface area contributed by atoms with Crippen LogP contribution in [0.25, 0.3) is 0 Å². The molecule has 3 fully saturated rings. The van der Waals surface area contributed by atoms with Gasteiger partial charge in [-0.2, -0.15) is 0 Å². The second kappa shape index (κ2) is 7.37. The Morgan fingerprint density at radius 3 is 3.04 bits per heavy atom. The molecule has 2 aromatic rings.